The summed E-state index contributed by atoms with van der Waals surface area (Å²) in [7, 11) is -3.46. The molecule has 2 rings (SSSR count). The Morgan fingerprint density at radius 2 is 2.25 bits per heavy atom. The van der Waals surface area contributed by atoms with Gasteiger partial charge in [-0.2, -0.15) is 0 Å². The fraction of sp³-hybridized carbons (Fsp3) is 0.538. The van der Waals surface area contributed by atoms with Crippen molar-refractivity contribution in [3.8, 4) is 0 Å². The largest absolute Gasteiger partial charge is 0.397 e. The van der Waals surface area contributed by atoms with E-state index in [1.165, 1.54) is 6.07 Å². The van der Waals surface area contributed by atoms with Crippen LogP contribution in [0.2, 0.25) is 0 Å². The summed E-state index contributed by atoms with van der Waals surface area (Å²) in [5, 5.41) is 3.17. The number of nitrogens with two attached hydrogens (primary N) is 1. The van der Waals surface area contributed by atoms with Crippen LogP contribution in [0.5, 0.6) is 0 Å². The number of rotatable bonds is 6. The van der Waals surface area contributed by atoms with Crippen molar-refractivity contribution < 1.29 is 13.2 Å². The standard InChI is InChI=1S/C13H21N3O3S/c1-2-16-20(17,18)11-5-6-12(14)13(8-11)15-9-10-4-3-7-19-10/h5-6,8,10,15-16H,2-4,7,9,14H2,1H3. The van der Waals surface area contributed by atoms with E-state index in [1.54, 1.807) is 19.1 Å². The van der Waals surface area contributed by atoms with E-state index in [4.69, 9.17) is 10.5 Å². The number of nitrogens with one attached hydrogen (secondary N) is 2. The molecule has 0 spiro atoms. The predicted molar refractivity (Wildman–Crippen MR) is 79.2 cm³/mol. The number of nitrogen functional groups attached to an aromatic ring is 1. The molecule has 1 aromatic rings. The predicted octanol–water partition coefficient (Wildman–Crippen LogP) is 1.16. The smallest absolute Gasteiger partial charge is 0.240 e. The van der Waals surface area contributed by atoms with Gasteiger partial charge in [0.1, 0.15) is 0 Å². The Morgan fingerprint density at radius 3 is 2.90 bits per heavy atom. The molecule has 0 radical (unpaired) electrons. The monoisotopic (exact) mass is 299 g/mol. The fourth-order valence-electron chi connectivity index (χ4n) is 2.16. The van der Waals surface area contributed by atoms with Crippen molar-refractivity contribution in [2.75, 3.05) is 30.7 Å². The topological polar surface area (TPSA) is 93.5 Å². The molecule has 0 aromatic heterocycles. The van der Waals surface area contributed by atoms with Gasteiger partial charge in [-0.1, -0.05) is 6.92 Å². The third-order valence-electron chi connectivity index (χ3n) is 3.21. The summed E-state index contributed by atoms with van der Waals surface area (Å²) in [4.78, 5) is 0.211. The second kappa shape index (κ2) is 6.43. The van der Waals surface area contributed by atoms with E-state index in [9.17, 15) is 8.42 Å². The van der Waals surface area contributed by atoms with Gasteiger partial charge in [-0.25, -0.2) is 13.1 Å². The van der Waals surface area contributed by atoms with Gasteiger partial charge in [0.05, 0.1) is 22.4 Å². The number of benzene rings is 1. The van der Waals surface area contributed by atoms with Crippen LogP contribution in [0.4, 0.5) is 11.4 Å². The van der Waals surface area contributed by atoms with Gasteiger partial charge in [0.15, 0.2) is 0 Å². The van der Waals surface area contributed by atoms with Gasteiger partial charge >= 0.3 is 0 Å². The molecular formula is C13H21N3O3S. The Bertz CT molecular complexity index is 554. The lowest BCUT2D eigenvalue weighted by Gasteiger charge is -2.15. The van der Waals surface area contributed by atoms with Crippen molar-refractivity contribution in [2.24, 2.45) is 0 Å². The van der Waals surface area contributed by atoms with Crippen LogP contribution in [-0.2, 0) is 14.8 Å². The summed E-state index contributed by atoms with van der Waals surface area (Å²) < 4.78 is 31.9. The van der Waals surface area contributed by atoms with E-state index < -0.39 is 10.0 Å². The van der Waals surface area contributed by atoms with Crippen LogP contribution >= 0.6 is 0 Å². The third-order valence-corrected chi connectivity index (χ3v) is 4.76. The summed E-state index contributed by atoms with van der Waals surface area (Å²) in [5.41, 5.74) is 7.02. The van der Waals surface area contributed by atoms with Gasteiger partial charge < -0.3 is 15.8 Å². The summed E-state index contributed by atoms with van der Waals surface area (Å²) in [6.45, 7) is 3.52. The van der Waals surface area contributed by atoms with Crippen molar-refractivity contribution in [1.29, 1.82) is 0 Å². The molecule has 4 N–H and O–H groups in total. The molecule has 1 saturated heterocycles. The third kappa shape index (κ3) is 3.62. The molecule has 1 aromatic carbocycles. The molecule has 7 heteroatoms. The van der Waals surface area contributed by atoms with E-state index in [1.807, 2.05) is 0 Å². The first-order chi connectivity index (χ1) is 9.53. The van der Waals surface area contributed by atoms with Gasteiger partial charge in [0.2, 0.25) is 10.0 Å². The molecule has 1 heterocycles. The van der Waals surface area contributed by atoms with E-state index in [0.717, 1.165) is 19.4 Å². The SMILES string of the molecule is CCNS(=O)(=O)c1ccc(N)c(NCC2CCCO2)c1. The molecule has 0 bridgehead atoms. The van der Waals surface area contributed by atoms with Crippen LogP contribution < -0.4 is 15.8 Å². The van der Waals surface area contributed by atoms with Crippen molar-refractivity contribution in [3.05, 3.63) is 18.2 Å². The highest BCUT2D eigenvalue weighted by Gasteiger charge is 2.17. The van der Waals surface area contributed by atoms with Gasteiger partial charge in [-0.3, -0.25) is 0 Å². The lowest BCUT2D eigenvalue weighted by atomic mass is 10.2. The summed E-state index contributed by atoms with van der Waals surface area (Å²) in [5.74, 6) is 0. The zero-order chi connectivity index (χ0) is 14.6. The van der Waals surface area contributed by atoms with Gasteiger partial charge in [0.25, 0.3) is 0 Å². The number of sulfonamides is 1. The molecule has 1 fully saturated rings. The highest BCUT2D eigenvalue weighted by atomic mass is 32.2. The molecule has 0 saturated carbocycles. The first kappa shape index (κ1) is 15.1. The minimum Gasteiger partial charge on any atom is -0.397 e. The van der Waals surface area contributed by atoms with Crippen LogP contribution in [0, 0.1) is 0 Å². The highest BCUT2D eigenvalue weighted by molar-refractivity contribution is 7.89. The Morgan fingerprint density at radius 1 is 1.45 bits per heavy atom. The zero-order valence-electron chi connectivity index (χ0n) is 11.6. The van der Waals surface area contributed by atoms with Crippen molar-refractivity contribution in [1.82, 2.24) is 4.72 Å². The minimum absolute atomic E-state index is 0.170. The molecular weight excluding hydrogens is 278 g/mol. The van der Waals surface area contributed by atoms with Crippen LogP contribution in [0.25, 0.3) is 0 Å². The van der Waals surface area contributed by atoms with E-state index in [0.29, 0.717) is 24.5 Å². The Balaban J connectivity index is 2.11. The van der Waals surface area contributed by atoms with E-state index in [2.05, 4.69) is 10.0 Å². The summed E-state index contributed by atoms with van der Waals surface area (Å²) in [6, 6.07) is 4.66. The second-order valence-electron chi connectivity index (χ2n) is 4.77. The normalized spacial score (nSPS) is 19.1. The van der Waals surface area contributed by atoms with Crippen molar-refractivity contribution in [2.45, 2.75) is 30.8 Å². The van der Waals surface area contributed by atoms with Gasteiger partial charge in [-0.15, -0.1) is 0 Å². The second-order valence-corrected chi connectivity index (χ2v) is 6.53. The van der Waals surface area contributed by atoms with Crippen LogP contribution in [-0.4, -0.2) is 34.2 Å². The lowest BCUT2D eigenvalue weighted by Crippen LogP contribution is -2.23. The molecule has 20 heavy (non-hydrogen) atoms. The lowest BCUT2D eigenvalue weighted by molar-refractivity contribution is 0.120. The van der Waals surface area contributed by atoms with Crippen LogP contribution in [0.3, 0.4) is 0 Å². The Kier molecular flexibility index (Phi) is 4.85. The maximum absolute atomic E-state index is 12.0. The van der Waals surface area contributed by atoms with Crippen molar-refractivity contribution >= 4 is 21.4 Å². The number of hydrogen-bond donors (Lipinski definition) is 3. The average Bonchev–Trinajstić information content (AvgIpc) is 2.90. The first-order valence-electron chi connectivity index (χ1n) is 6.77. The fourth-order valence-corrected chi connectivity index (χ4v) is 3.23. The number of hydrogen-bond acceptors (Lipinski definition) is 5. The molecule has 0 aliphatic carbocycles. The van der Waals surface area contributed by atoms with Gasteiger partial charge in [-0.05, 0) is 31.0 Å². The average molecular weight is 299 g/mol. The van der Waals surface area contributed by atoms with E-state index >= 15 is 0 Å². The van der Waals surface area contributed by atoms with Crippen LogP contribution in [0.1, 0.15) is 19.8 Å². The molecule has 1 atom stereocenters. The van der Waals surface area contributed by atoms with Gasteiger partial charge in [0, 0.05) is 19.7 Å². The highest BCUT2D eigenvalue weighted by Crippen LogP contribution is 2.23. The number of anilines is 2. The first-order valence-corrected chi connectivity index (χ1v) is 8.26. The summed E-state index contributed by atoms with van der Waals surface area (Å²) in [6.07, 6.45) is 2.25. The van der Waals surface area contributed by atoms with Crippen molar-refractivity contribution in [3.63, 3.8) is 0 Å². The molecule has 6 nitrogen and oxygen atoms in total. The minimum atomic E-state index is -3.46. The maximum Gasteiger partial charge on any atom is 0.240 e. The molecule has 1 unspecified atom stereocenters. The number of ether oxygens (including phenoxy) is 1. The molecule has 1 aliphatic heterocycles. The molecule has 112 valence electrons. The molecule has 0 amide bonds. The van der Waals surface area contributed by atoms with E-state index in [-0.39, 0.29) is 11.0 Å². The zero-order valence-corrected chi connectivity index (χ0v) is 12.4. The maximum atomic E-state index is 12.0. The van der Waals surface area contributed by atoms with Crippen LogP contribution in [0.15, 0.2) is 23.1 Å². The Hall–Kier alpha value is -1.31. The summed E-state index contributed by atoms with van der Waals surface area (Å²) >= 11 is 0. The Labute approximate surface area is 119 Å². The quantitative estimate of drug-likeness (QED) is 0.685. The molecule has 1 aliphatic rings.